The van der Waals surface area contributed by atoms with Gasteiger partial charge in [0.05, 0.1) is 23.0 Å². The Bertz CT molecular complexity index is 1920. The summed E-state index contributed by atoms with van der Waals surface area (Å²) in [4.78, 5) is 52.9. The average Bonchev–Trinajstić information content (AvgIpc) is 3.66. The highest BCUT2D eigenvalue weighted by Crippen LogP contribution is 2.46. The van der Waals surface area contributed by atoms with Gasteiger partial charge in [-0.2, -0.15) is 0 Å². The first-order valence-corrected chi connectivity index (χ1v) is 17.7. The summed E-state index contributed by atoms with van der Waals surface area (Å²) in [5.74, 6) is -0.467. The molecule has 268 valence electrons. The maximum absolute atomic E-state index is 12.6. The van der Waals surface area contributed by atoms with E-state index in [0.29, 0.717) is 34.3 Å². The van der Waals surface area contributed by atoms with E-state index in [0.717, 1.165) is 61.8 Å². The number of nitrogens with zero attached hydrogens (tertiary/aromatic N) is 4. The molecule has 3 aliphatic rings. The Hall–Kier alpha value is -4.60. The van der Waals surface area contributed by atoms with Crippen LogP contribution in [0.5, 0.6) is 5.75 Å². The number of hydrogen-bond acceptors (Lipinski definition) is 11. The van der Waals surface area contributed by atoms with Gasteiger partial charge in [0.25, 0.3) is 5.91 Å². The van der Waals surface area contributed by atoms with Gasteiger partial charge in [-0.25, -0.2) is 14.9 Å². The maximum Gasteiger partial charge on any atom is 0.257 e. The fourth-order valence-corrected chi connectivity index (χ4v) is 7.47. The molecule has 0 radical (unpaired) electrons. The fourth-order valence-electron chi connectivity index (χ4n) is 7.27. The summed E-state index contributed by atoms with van der Waals surface area (Å²) in [5, 5.41) is 32.2. The van der Waals surface area contributed by atoms with Crippen LogP contribution in [0.1, 0.15) is 62.1 Å². The van der Waals surface area contributed by atoms with Crippen molar-refractivity contribution in [3.8, 4) is 17.0 Å². The van der Waals surface area contributed by atoms with Crippen molar-refractivity contribution in [1.29, 1.82) is 0 Å². The van der Waals surface area contributed by atoms with Crippen molar-refractivity contribution in [2.45, 2.75) is 63.1 Å². The summed E-state index contributed by atoms with van der Waals surface area (Å²) < 4.78 is 5.78. The zero-order valence-electron chi connectivity index (χ0n) is 28.0. The largest absolute Gasteiger partial charge is 0.483 e. The molecule has 7 rings (SSSR count). The number of fused-ring (bicyclic) bond motifs is 2. The SMILES string of the molecule is O=C(COc1cccc2c1C(O)N(C1CCC(=O)NC1=O)C2O)NCCCCN1CCC[C@@H](Nc2ncc(Cl)c(-c3c[nH]c4ccccc34)n2)C1. The molecule has 3 unspecified atom stereocenters. The van der Waals surface area contributed by atoms with Crippen LogP contribution in [0.2, 0.25) is 5.02 Å². The van der Waals surface area contributed by atoms with Crippen LogP contribution >= 0.6 is 11.6 Å². The Kier molecular flexibility index (Phi) is 10.5. The number of carbonyl (C=O) groups excluding carboxylic acids is 3. The lowest BCUT2D eigenvalue weighted by molar-refractivity contribution is -0.154. The van der Waals surface area contributed by atoms with Gasteiger partial charge in [-0.05, 0) is 57.3 Å². The summed E-state index contributed by atoms with van der Waals surface area (Å²) in [6, 6.07) is 12.2. The number of para-hydroxylation sites is 1. The molecule has 5 heterocycles. The zero-order chi connectivity index (χ0) is 35.5. The van der Waals surface area contributed by atoms with E-state index >= 15 is 0 Å². The third-order valence-corrected chi connectivity index (χ3v) is 10.1. The molecule has 3 amide bonds. The number of amides is 3. The molecule has 6 N–H and O–H groups in total. The number of piperidine rings is 2. The number of aliphatic hydroxyl groups excluding tert-OH is 2. The van der Waals surface area contributed by atoms with Gasteiger partial charge in [0, 0.05) is 59.3 Å². The second-order valence-corrected chi connectivity index (χ2v) is 13.6. The van der Waals surface area contributed by atoms with Crippen LogP contribution in [0.4, 0.5) is 5.95 Å². The van der Waals surface area contributed by atoms with Crippen molar-refractivity contribution in [2.75, 3.05) is 38.1 Å². The number of anilines is 1. The molecule has 3 aliphatic heterocycles. The average molecular weight is 717 g/mol. The van der Waals surface area contributed by atoms with Crippen molar-refractivity contribution in [2.24, 2.45) is 0 Å². The Labute approximate surface area is 299 Å². The van der Waals surface area contributed by atoms with Crippen LogP contribution in [0.3, 0.4) is 0 Å². The third kappa shape index (κ3) is 7.55. The number of halogens is 1. The topological polar surface area (TPSA) is 185 Å². The van der Waals surface area contributed by atoms with Crippen LogP contribution < -0.4 is 20.7 Å². The second kappa shape index (κ2) is 15.3. The predicted molar refractivity (Wildman–Crippen MR) is 190 cm³/mol. The van der Waals surface area contributed by atoms with Gasteiger partial charge in [0.2, 0.25) is 17.8 Å². The highest BCUT2D eigenvalue weighted by molar-refractivity contribution is 6.33. The summed E-state index contributed by atoms with van der Waals surface area (Å²) in [6.07, 6.45) is 5.00. The van der Waals surface area contributed by atoms with Gasteiger partial charge >= 0.3 is 0 Å². The molecule has 0 bridgehead atoms. The number of benzene rings is 2. The molecule has 0 aliphatic carbocycles. The molecular formula is C36H41ClN8O6. The summed E-state index contributed by atoms with van der Waals surface area (Å²) >= 11 is 6.52. The number of unbranched alkanes of at least 4 members (excludes halogenated alkanes) is 1. The number of H-pyrrole nitrogens is 1. The number of ether oxygens (including phenoxy) is 1. The molecule has 4 atom stereocenters. The van der Waals surface area contributed by atoms with Gasteiger partial charge in [0.15, 0.2) is 6.61 Å². The maximum atomic E-state index is 12.6. The minimum absolute atomic E-state index is 0.107. The summed E-state index contributed by atoms with van der Waals surface area (Å²) in [7, 11) is 0. The van der Waals surface area contributed by atoms with E-state index in [9.17, 15) is 24.6 Å². The van der Waals surface area contributed by atoms with Crippen molar-refractivity contribution in [3.63, 3.8) is 0 Å². The molecule has 51 heavy (non-hydrogen) atoms. The van der Waals surface area contributed by atoms with Crippen LogP contribution in [-0.4, -0.2) is 97.6 Å². The lowest BCUT2D eigenvalue weighted by Crippen LogP contribution is -2.52. The number of nitrogens with one attached hydrogen (secondary N) is 4. The smallest absolute Gasteiger partial charge is 0.257 e. The number of rotatable bonds is 12. The van der Waals surface area contributed by atoms with Gasteiger partial charge in [-0.3, -0.25) is 19.7 Å². The second-order valence-electron chi connectivity index (χ2n) is 13.2. The van der Waals surface area contributed by atoms with Crippen molar-refractivity contribution < 1.29 is 29.3 Å². The molecule has 2 fully saturated rings. The van der Waals surface area contributed by atoms with Gasteiger partial charge in [-0.15, -0.1) is 0 Å². The van der Waals surface area contributed by atoms with E-state index in [-0.39, 0.29) is 43.1 Å². The number of likely N-dealkylation sites (tertiary alicyclic amines) is 1. The minimum Gasteiger partial charge on any atom is -0.483 e. The predicted octanol–water partition coefficient (Wildman–Crippen LogP) is 3.23. The number of aromatic nitrogens is 3. The highest BCUT2D eigenvalue weighted by atomic mass is 35.5. The van der Waals surface area contributed by atoms with Crippen molar-refractivity contribution in [3.05, 3.63) is 71.0 Å². The molecule has 2 saturated heterocycles. The van der Waals surface area contributed by atoms with E-state index in [1.165, 1.54) is 4.90 Å². The lowest BCUT2D eigenvalue weighted by Gasteiger charge is -2.34. The number of aromatic amines is 1. The Morgan fingerprint density at radius 1 is 1.08 bits per heavy atom. The molecule has 0 saturated carbocycles. The third-order valence-electron chi connectivity index (χ3n) is 9.78. The van der Waals surface area contributed by atoms with E-state index in [1.807, 2.05) is 30.5 Å². The standard InChI is InChI=1S/C36H41ClN8O6/c37-25-18-40-36(43-32(25)24-17-39-26-10-2-1-8-22(24)26)41-21-7-6-16-44(19-21)15-4-3-14-38-30(47)20-51-28-11-5-9-23-31(28)35(50)45(34(23)49)27-12-13-29(46)42-33(27)48/h1-2,5,8-11,17-18,21,27,34-35,39,49-50H,3-4,6-7,12-16,19-20H2,(H,38,47)(H,40,41,43)(H,42,46,48)/t21-,27?,34?,35?/m1/s1. The van der Waals surface area contributed by atoms with Crippen LogP contribution in [0.15, 0.2) is 54.9 Å². The number of imide groups is 1. The monoisotopic (exact) mass is 716 g/mol. The number of carbonyl (C=O) groups is 3. The molecular weight excluding hydrogens is 676 g/mol. The molecule has 14 nitrogen and oxygen atoms in total. The van der Waals surface area contributed by atoms with E-state index in [1.54, 1.807) is 24.4 Å². The normalized spacial score (nSPS) is 22.5. The molecule has 4 aromatic rings. The Morgan fingerprint density at radius 2 is 1.94 bits per heavy atom. The number of hydrogen-bond donors (Lipinski definition) is 6. The fraction of sp³-hybridized carbons (Fsp3) is 0.417. The highest BCUT2D eigenvalue weighted by Gasteiger charge is 2.46. The number of aliphatic hydroxyl groups is 2. The van der Waals surface area contributed by atoms with Crippen LogP contribution in [0.25, 0.3) is 22.2 Å². The van der Waals surface area contributed by atoms with E-state index in [2.05, 4.69) is 30.8 Å². The first kappa shape index (κ1) is 34.8. The summed E-state index contributed by atoms with van der Waals surface area (Å²) in [6.45, 7) is 2.98. The van der Waals surface area contributed by atoms with Gasteiger partial charge < -0.3 is 35.5 Å². The first-order chi connectivity index (χ1) is 24.8. The Morgan fingerprint density at radius 3 is 2.80 bits per heavy atom. The summed E-state index contributed by atoms with van der Waals surface area (Å²) in [5.41, 5.74) is 3.33. The lowest BCUT2D eigenvalue weighted by atomic mass is 10.0. The Balaban J connectivity index is 0.846. The molecule has 0 spiro atoms. The molecule has 2 aromatic heterocycles. The van der Waals surface area contributed by atoms with E-state index in [4.69, 9.17) is 21.3 Å². The van der Waals surface area contributed by atoms with E-state index < -0.39 is 24.4 Å². The van der Waals surface area contributed by atoms with Crippen molar-refractivity contribution >= 4 is 46.2 Å². The molecule has 2 aromatic carbocycles. The first-order valence-electron chi connectivity index (χ1n) is 17.3. The van der Waals surface area contributed by atoms with Gasteiger partial charge in [0.1, 0.15) is 18.2 Å². The van der Waals surface area contributed by atoms with Crippen molar-refractivity contribution in [1.82, 2.24) is 35.4 Å². The minimum atomic E-state index is -1.34. The zero-order valence-corrected chi connectivity index (χ0v) is 28.7. The van der Waals surface area contributed by atoms with Crippen LogP contribution in [-0.2, 0) is 14.4 Å². The molecule has 15 heteroatoms. The quantitative estimate of drug-likeness (QED) is 0.0935. The van der Waals surface area contributed by atoms with Gasteiger partial charge in [-0.1, -0.05) is 41.9 Å². The van der Waals surface area contributed by atoms with Crippen LogP contribution in [0, 0.1) is 0 Å².